The first-order chi connectivity index (χ1) is 12.3. The minimum absolute atomic E-state index is 0.0849. The summed E-state index contributed by atoms with van der Waals surface area (Å²) < 4.78 is 28.9. The summed E-state index contributed by atoms with van der Waals surface area (Å²) >= 11 is 12.0. The Morgan fingerprint density at radius 1 is 1.12 bits per heavy atom. The zero-order valence-electron chi connectivity index (χ0n) is 14.2. The number of anilines is 1. The largest absolute Gasteiger partial charge is 0.329 e. The van der Waals surface area contributed by atoms with Crippen LogP contribution in [-0.2, 0) is 17.1 Å². The second kappa shape index (κ2) is 7.60. The summed E-state index contributed by atoms with van der Waals surface area (Å²) in [6, 6.07) is 7.84. The van der Waals surface area contributed by atoms with Gasteiger partial charge in [-0.25, -0.2) is 8.42 Å². The topological polar surface area (TPSA) is 71.4 Å². The van der Waals surface area contributed by atoms with E-state index in [0.717, 1.165) is 19.3 Å². The number of benzene rings is 1. The lowest BCUT2D eigenvalue weighted by Crippen LogP contribution is -2.36. The van der Waals surface area contributed by atoms with E-state index in [1.807, 2.05) is 0 Å². The predicted octanol–water partition coefficient (Wildman–Crippen LogP) is 3.76. The molecule has 1 saturated heterocycles. The fraction of sp³-hybridized carbons (Fsp3) is 0.353. The molecule has 3 rings (SSSR count). The molecule has 1 aliphatic rings. The molecule has 6 nitrogen and oxygen atoms in total. The van der Waals surface area contributed by atoms with Crippen LogP contribution in [0.5, 0.6) is 0 Å². The predicted molar refractivity (Wildman–Crippen MR) is 102 cm³/mol. The van der Waals surface area contributed by atoms with Gasteiger partial charge in [0.25, 0.3) is 5.91 Å². The van der Waals surface area contributed by atoms with Crippen LogP contribution in [0.2, 0.25) is 10.2 Å². The van der Waals surface area contributed by atoms with E-state index < -0.39 is 15.9 Å². The summed E-state index contributed by atoms with van der Waals surface area (Å²) in [6.45, 7) is 0.987. The molecular formula is C17H19Cl2N3O3S. The molecule has 0 radical (unpaired) electrons. The smallest absolute Gasteiger partial charge is 0.272 e. The van der Waals surface area contributed by atoms with Gasteiger partial charge in [0.15, 0.2) is 0 Å². The molecule has 1 amide bonds. The van der Waals surface area contributed by atoms with Crippen LogP contribution in [0.1, 0.15) is 29.8 Å². The molecule has 1 aromatic heterocycles. The first-order valence-corrected chi connectivity index (χ1v) is 10.4. The molecule has 0 spiro atoms. The zero-order chi connectivity index (χ0) is 18.9. The number of hydrogen-bond donors (Lipinski definition) is 1. The van der Waals surface area contributed by atoms with Gasteiger partial charge in [0.05, 0.1) is 10.7 Å². The van der Waals surface area contributed by atoms with E-state index in [2.05, 4.69) is 5.32 Å². The highest BCUT2D eigenvalue weighted by atomic mass is 35.5. The summed E-state index contributed by atoms with van der Waals surface area (Å²) in [4.78, 5) is 12.7. The number of hydrogen-bond acceptors (Lipinski definition) is 3. The fourth-order valence-corrected chi connectivity index (χ4v) is 5.03. The SMILES string of the molecule is Cn1c(C(=O)Nc2ccccc2S(=O)(=O)N2CCCCC2)cc(Cl)c1Cl. The van der Waals surface area contributed by atoms with Gasteiger partial charge in [0.2, 0.25) is 10.0 Å². The maximum absolute atomic E-state index is 13.0. The maximum atomic E-state index is 13.0. The molecule has 0 unspecified atom stereocenters. The number of piperidine rings is 1. The van der Waals surface area contributed by atoms with E-state index in [1.54, 1.807) is 25.2 Å². The van der Waals surface area contributed by atoms with Gasteiger partial charge in [-0.15, -0.1) is 0 Å². The van der Waals surface area contributed by atoms with Gasteiger partial charge in [-0.3, -0.25) is 4.79 Å². The Labute approximate surface area is 162 Å². The number of amides is 1. The number of aromatic nitrogens is 1. The maximum Gasteiger partial charge on any atom is 0.272 e. The third-order valence-electron chi connectivity index (χ3n) is 4.42. The standard InChI is InChI=1S/C17H19Cl2N3O3S/c1-21-14(11-12(18)16(21)19)17(23)20-13-7-3-4-8-15(13)26(24,25)22-9-5-2-6-10-22/h3-4,7-8,11H,2,5-6,9-10H2,1H3,(H,20,23). The second-order valence-electron chi connectivity index (χ2n) is 6.14. The molecule has 9 heteroatoms. The molecule has 2 aromatic rings. The van der Waals surface area contributed by atoms with Crippen molar-refractivity contribution >= 4 is 44.8 Å². The third kappa shape index (κ3) is 3.62. The lowest BCUT2D eigenvalue weighted by atomic mass is 10.2. The molecular weight excluding hydrogens is 397 g/mol. The van der Waals surface area contributed by atoms with E-state index in [4.69, 9.17) is 23.2 Å². The van der Waals surface area contributed by atoms with Crippen LogP contribution in [0.25, 0.3) is 0 Å². The van der Waals surface area contributed by atoms with Gasteiger partial charge in [-0.1, -0.05) is 41.8 Å². The van der Waals surface area contributed by atoms with E-state index >= 15 is 0 Å². The molecule has 1 aromatic carbocycles. The van der Waals surface area contributed by atoms with E-state index in [9.17, 15) is 13.2 Å². The summed E-state index contributed by atoms with van der Waals surface area (Å²) in [5.41, 5.74) is 0.474. The normalized spacial score (nSPS) is 15.8. The Balaban J connectivity index is 1.92. The van der Waals surface area contributed by atoms with Gasteiger partial charge in [-0.05, 0) is 31.0 Å². The summed E-state index contributed by atoms with van der Waals surface area (Å²) in [7, 11) is -2.06. The molecule has 0 atom stereocenters. The van der Waals surface area contributed by atoms with Crippen LogP contribution in [0, 0.1) is 0 Å². The summed E-state index contributed by atoms with van der Waals surface area (Å²) in [5, 5.41) is 3.17. The molecule has 0 saturated carbocycles. The van der Waals surface area contributed by atoms with Crippen molar-refractivity contribution in [1.82, 2.24) is 8.87 Å². The molecule has 0 bridgehead atoms. The number of rotatable bonds is 4. The molecule has 1 N–H and O–H groups in total. The number of carbonyl (C=O) groups excluding carboxylic acids is 1. The summed E-state index contributed by atoms with van der Waals surface area (Å²) in [6.07, 6.45) is 2.71. The Hall–Kier alpha value is -1.54. The van der Waals surface area contributed by atoms with Crippen molar-refractivity contribution in [2.75, 3.05) is 18.4 Å². The number of nitrogens with one attached hydrogen (secondary N) is 1. The number of sulfonamides is 1. The van der Waals surface area contributed by atoms with Gasteiger partial charge in [0.1, 0.15) is 15.7 Å². The van der Waals surface area contributed by atoms with Crippen molar-refractivity contribution in [3.8, 4) is 0 Å². The van der Waals surface area contributed by atoms with Crippen LogP contribution in [-0.4, -0.2) is 36.3 Å². The van der Waals surface area contributed by atoms with Gasteiger partial charge in [-0.2, -0.15) is 4.31 Å². The fourth-order valence-electron chi connectivity index (χ4n) is 2.99. The Morgan fingerprint density at radius 3 is 2.38 bits per heavy atom. The number of carbonyl (C=O) groups is 1. The van der Waals surface area contributed by atoms with Crippen molar-refractivity contribution < 1.29 is 13.2 Å². The average Bonchev–Trinajstić information content (AvgIpc) is 2.90. The average molecular weight is 416 g/mol. The van der Waals surface area contributed by atoms with Crippen LogP contribution >= 0.6 is 23.2 Å². The molecule has 2 heterocycles. The highest BCUT2D eigenvalue weighted by Gasteiger charge is 2.29. The zero-order valence-corrected chi connectivity index (χ0v) is 16.5. The molecule has 0 aliphatic carbocycles. The van der Waals surface area contributed by atoms with Crippen LogP contribution in [0.3, 0.4) is 0 Å². The Kier molecular flexibility index (Phi) is 5.62. The quantitative estimate of drug-likeness (QED) is 0.825. The lowest BCUT2D eigenvalue weighted by Gasteiger charge is -2.26. The van der Waals surface area contributed by atoms with Crippen molar-refractivity contribution in [1.29, 1.82) is 0 Å². The van der Waals surface area contributed by atoms with E-state index in [0.29, 0.717) is 13.1 Å². The number of para-hydroxylation sites is 1. The van der Waals surface area contributed by atoms with Gasteiger partial charge < -0.3 is 9.88 Å². The Bertz CT molecular complexity index is 935. The second-order valence-corrected chi connectivity index (χ2v) is 8.81. The monoisotopic (exact) mass is 415 g/mol. The molecule has 1 fully saturated rings. The van der Waals surface area contributed by atoms with E-state index in [1.165, 1.54) is 21.0 Å². The summed E-state index contributed by atoms with van der Waals surface area (Å²) in [5.74, 6) is -0.484. The van der Waals surface area contributed by atoms with Crippen LogP contribution in [0.15, 0.2) is 35.2 Å². The van der Waals surface area contributed by atoms with Crippen molar-refractivity contribution in [2.24, 2.45) is 7.05 Å². The molecule has 1 aliphatic heterocycles. The molecule has 140 valence electrons. The third-order valence-corrected chi connectivity index (χ3v) is 7.22. The van der Waals surface area contributed by atoms with E-state index in [-0.39, 0.29) is 26.5 Å². The highest BCUT2D eigenvalue weighted by Crippen LogP contribution is 2.29. The number of nitrogens with zero attached hydrogens (tertiary/aromatic N) is 2. The first-order valence-electron chi connectivity index (χ1n) is 8.23. The minimum atomic E-state index is -3.67. The minimum Gasteiger partial charge on any atom is -0.329 e. The van der Waals surface area contributed by atoms with Crippen LogP contribution in [0.4, 0.5) is 5.69 Å². The lowest BCUT2D eigenvalue weighted by molar-refractivity contribution is 0.101. The Morgan fingerprint density at radius 2 is 1.77 bits per heavy atom. The number of halogens is 2. The van der Waals surface area contributed by atoms with Crippen molar-refractivity contribution in [3.05, 3.63) is 46.2 Å². The highest BCUT2D eigenvalue weighted by molar-refractivity contribution is 7.89. The van der Waals surface area contributed by atoms with Crippen molar-refractivity contribution in [2.45, 2.75) is 24.2 Å². The van der Waals surface area contributed by atoms with Gasteiger partial charge >= 0.3 is 0 Å². The van der Waals surface area contributed by atoms with Crippen LogP contribution < -0.4 is 5.32 Å². The first kappa shape index (κ1) is 19.2. The molecule has 26 heavy (non-hydrogen) atoms. The van der Waals surface area contributed by atoms with Crippen molar-refractivity contribution in [3.63, 3.8) is 0 Å². The van der Waals surface area contributed by atoms with Gasteiger partial charge in [0, 0.05) is 20.1 Å².